The van der Waals surface area contributed by atoms with Gasteiger partial charge in [0.1, 0.15) is 6.54 Å². The summed E-state index contributed by atoms with van der Waals surface area (Å²) >= 11 is 6.03. The van der Waals surface area contributed by atoms with Crippen LogP contribution in [0.2, 0.25) is 5.02 Å². The molecule has 1 heterocycles. The Kier molecular flexibility index (Phi) is 4.71. The molecule has 0 aliphatic heterocycles. The van der Waals surface area contributed by atoms with E-state index in [1.807, 2.05) is 0 Å². The Morgan fingerprint density at radius 2 is 2.35 bits per heavy atom. The van der Waals surface area contributed by atoms with Crippen LogP contribution in [0.4, 0.5) is 5.69 Å². The summed E-state index contributed by atoms with van der Waals surface area (Å²) in [6.07, 6.45) is 3.10. The van der Waals surface area contributed by atoms with Crippen LogP contribution in [0, 0.1) is 11.8 Å². The van der Waals surface area contributed by atoms with Gasteiger partial charge >= 0.3 is 0 Å². The number of rotatable bonds is 3. The fraction of sp³-hybridized carbons (Fsp3) is 0.154. The molecule has 1 aromatic carbocycles. The van der Waals surface area contributed by atoms with Crippen LogP contribution in [0.5, 0.6) is 0 Å². The molecule has 7 heteroatoms. The van der Waals surface area contributed by atoms with Crippen molar-refractivity contribution in [3.05, 3.63) is 41.2 Å². The normalized spacial score (nSPS) is 9.70. The molecule has 0 atom stereocenters. The monoisotopic (exact) mass is 289 g/mol. The summed E-state index contributed by atoms with van der Waals surface area (Å²) in [5.74, 6) is 5.37. The molecule has 2 rings (SSSR count). The van der Waals surface area contributed by atoms with Crippen molar-refractivity contribution < 1.29 is 4.79 Å². The smallest absolute Gasteiger partial charge is 0.246 e. The molecule has 0 aliphatic rings. The van der Waals surface area contributed by atoms with Crippen molar-refractivity contribution in [2.75, 3.05) is 11.9 Å². The van der Waals surface area contributed by atoms with E-state index < -0.39 is 0 Å². The summed E-state index contributed by atoms with van der Waals surface area (Å²) in [5, 5.41) is 10.5. The van der Waals surface area contributed by atoms with Gasteiger partial charge in [0.2, 0.25) is 5.91 Å². The molecule has 1 aromatic heterocycles. The highest BCUT2D eigenvalue weighted by atomic mass is 35.5. The number of nitrogens with two attached hydrogens (primary N) is 1. The first kappa shape index (κ1) is 14.1. The van der Waals surface area contributed by atoms with Gasteiger partial charge in [0.25, 0.3) is 0 Å². The van der Waals surface area contributed by atoms with Gasteiger partial charge in [-0.05, 0) is 18.2 Å². The van der Waals surface area contributed by atoms with Gasteiger partial charge in [-0.25, -0.2) is 4.68 Å². The van der Waals surface area contributed by atoms with Gasteiger partial charge in [-0.3, -0.25) is 4.79 Å². The number of hydrogen-bond acceptors (Lipinski definition) is 4. The zero-order chi connectivity index (χ0) is 14.4. The number of benzene rings is 1. The molecular formula is C13H12ClN5O. The average Bonchev–Trinajstić information content (AvgIpc) is 2.92. The van der Waals surface area contributed by atoms with Crippen molar-refractivity contribution in [1.29, 1.82) is 0 Å². The Morgan fingerprint density at radius 1 is 1.50 bits per heavy atom. The summed E-state index contributed by atoms with van der Waals surface area (Å²) in [5.41, 5.74) is 6.55. The standard InChI is InChI=1S/C13H12ClN5O/c14-11-4-3-10(2-1-5-15)8-12(11)17-13(20)9-19-7-6-16-18-19/h3-4,6-8H,5,9,15H2,(H,17,20). The number of nitrogens with one attached hydrogen (secondary N) is 1. The lowest BCUT2D eigenvalue weighted by Crippen LogP contribution is -2.19. The lowest BCUT2D eigenvalue weighted by atomic mass is 10.2. The maximum absolute atomic E-state index is 11.8. The highest BCUT2D eigenvalue weighted by Crippen LogP contribution is 2.22. The lowest BCUT2D eigenvalue weighted by Gasteiger charge is -2.07. The highest BCUT2D eigenvalue weighted by molar-refractivity contribution is 6.33. The first-order chi connectivity index (χ1) is 9.69. The van der Waals surface area contributed by atoms with Crippen LogP contribution >= 0.6 is 11.6 Å². The fourth-order valence-electron chi connectivity index (χ4n) is 1.51. The summed E-state index contributed by atoms with van der Waals surface area (Å²) in [6, 6.07) is 5.13. The quantitative estimate of drug-likeness (QED) is 0.821. The molecule has 20 heavy (non-hydrogen) atoms. The fourth-order valence-corrected chi connectivity index (χ4v) is 1.67. The van der Waals surface area contributed by atoms with Crippen LogP contribution < -0.4 is 11.1 Å². The molecule has 6 nitrogen and oxygen atoms in total. The number of aromatic nitrogens is 3. The van der Waals surface area contributed by atoms with E-state index in [4.69, 9.17) is 17.3 Å². The number of carbonyl (C=O) groups excluding carboxylic acids is 1. The number of nitrogens with zero attached hydrogens (tertiary/aromatic N) is 3. The number of hydrogen-bond donors (Lipinski definition) is 2. The minimum Gasteiger partial charge on any atom is -0.323 e. The molecule has 0 radical (unpaired) electrons. The third-order valence-electron chi connectivity index (χ3n) is 2.35. The number of anilines is 1. The minimum atomic E-state index is -0.249. The Bertz CT molecular complexity index is 657. The number of amides is 1. The maximum Gasteiger partial charge on any atom is 0.246 e. The predicted octanol–water partition coefficient (Wildman–Crippen LogP) is 0.880. The van der Waals surface area contributed by atoms with E-state index in [9.17, 15) is 4.79 Å². The van der Waals surface area contributed by atoms with E-state index in [0.717, 1.165) is 5.56 Å². The number of halogens is 1. The van der Waals surface area contributed by atoms with Gasteiger partial charge in [0.15, 0.2) is 0 Å². The number of carbonyl (C=O) groups is 1. The summed E-state index contributed by atoms with van der Waals surface area (Å²) in [4.78, 5) is 11.8. The zero-order valence-electron chi connectivity index (χ0n) is 10.5. The SMILES string of the molecule is NCC#Cc1ccc(Cl)c(NC(=O)Cn2ccnn2)c1. The minimum absolute atomic E-state index is 0.0645. The van der Waals surface area contributed by atoms with Crippen LogP contribution in [-0.2, 0) is 11.3 Å². The van der Waals surface area contributed by atoms with Gasteiger partial charge in [-0.1, -0.05) is 28.7 Å². The molecule has 0 bridgehead atoms. The van der Waals surface area contributed by atoms with Crippen LogP contribution in [0.3, 0.4) is 0 Å². The maximum atomic E-state index is 11.8. The highest BCUT2D eigenvalue weighted by Gasteiger charge is 2.07. The van der Waals surface area contributed by atoms with Crippen LogP contribution in [0.1, 0.15) is 5.56 Å². The second-order valence-corrected chi connectivity index (χ2v) is 4.26. The van der Waals surface area contributed by atoms with Crippen molar-refractivity contribution in [3.63, 3.8) is 0 Å². The van der Waals surface area contributed by atoms with Crippen LogP contribution in [0.25, 0.3) is 0 Å². The van der Waals surface area contributed by atoms with E-state index in [1.165, 1.54) is 10.9 Å². The van der Waals surface area contributed by atoms with E-state index in [2.05, 4.69) is 27.5 Å². The van der Waals surface area contributed by atoms with E-state index >= 15 is 0 Å². The third-order valence-corrected chi connectivity index (χ3v) is 2.68. The molecular weight excluding hydrogens is 278 g/mol. The Labute approximate surface area is 120 Å². The first-order valence-electron chi connectivity index (χ1n) is 5.81. The molecule has 0 fully saturated rings. The van der Waals surface area contributed by atoms with Gasteiger partial charge in [0, 0.05) is 11.8 Å². The average molecular weight is 290 g/mol. The Morgan fingerprint density at radius 3 is 3.05 bits per heavy atom. The molecule has 1 amide bonds. The zero-order valence-corrected chi connectivity index (χ0v) is 11.3. The van der Waals surface area contributed by atoms with Crippen molar-refractivity contribution in [3.8, 4) is 11.8 Å². The molecule has 2 aromatic rings. The molecule has 0 saturated heterocycles. The van der Waals surface area contributed by atoms with Gasteiger partial charge in [-0.15, -0.1) is 5.10 Å². The lowest BCUT2D eigenvalue weighted by molar-refractivity contribution is -0.116. The van der Waals surface area contributed by atoms with E-state index in [0.29, 0.717) is 10.7 Å². The van der Waals surface area contributed by atoms with Gasteiger partial charge in [-0.2, -0.15) is 0 Å². The largest absolute Gasteiger partial charge is 0.323 e. The molecule has 0 saturated carbocycles. The van der Waals surface area contributed by atoms with E-state index in [1.54, 1.807) is 24.4 Å². The summed E-state index contributed by atoms with van der Waals surface area (Å²) in [6.45, 7) is 0.339. The van der Waals surface area contributed by atoms with Crippen molar-refractivity contribution in [1.82, 2.24) is 15.0 Å². The summed E-state index contributed by atoms with van der Waals surface area (Å²) in [7, 11) is 0. The molecule has 3 N–H and O–H groups in total. The van der Waals surface area contributed by atoms with Gasteiger partial charge < -0.3 is 11.1 Å². The first-order valence-corrected chi connectivity index (χ1v) is 6.19. The molecule has 0 unspecified atom stereocenters. The third kappa shape index (κ3) is 3.82. The summed E-state index contributed by atoms with van der Waals surface area (Å²) < 4.78 is 1.42. The van der Waals surface area contributed by atoms with Crippen molar-refractivity contribution in [2.24, 2.45) is 5.73 Å². The molecule has 0 aliphatic carbocycles. The molecule has 0 spiro atoms. The molecule has 102 valence electrons. The predicted molar refractivity (Wildman–Crippen MR) is 76.0 cm³/mol. The Balaban J connectivity index is 2.09. The van der Waals surface area contributed by atoms with E-state index in [-0.39, 0.29) is 19.0 Å². The second-order valence-electron chi connectivity index (χ2n) is 3.85. The topological polar surface area (TPSA) is 85.8 Å². The second kappa shape index (κ2) is 6.70. The van der Waals surface area contributed by atoms with Crippen LogP contribution in [0.15, 0.2) is 30.6 Å². The van der Waals surface area contributed by atoms with Crippen LogP contribution in [-0.4, -0.2) is 27.4 Å². The van der Waals surface area contributed by atoms with Gasteiger partial charge in [0.05, 0.1) is 23.5 Å². The Hall–Kier alpha value is -2.36. The van der Waals surface area contributed by atoms with Crippen molar-refractivity contribution >= 4 is 23.2 Å². The van der Waals surface area contributed by atoms with Crippen molar-refractivity contribution in [2.45, 2.75) is 6.54 Å².